The molecule has 0 saturated heterocycles. The number of thiophene rings is 1. The molecule has 1 atom stereocenters. The Kier molecular flexibility index (Phi) is 4.22. The zero-order valence-corrected chi connectivity index (χ0v) is 15.5. The van der Waals surface area contributed by atoms with E-state index in [1.54, 1.807) is 6.92 Å². The van der Waals surface area contributed by atoms with E-state index in [1.165, 1.54) is 18.4 Å². The standard InChI is InChI=1S/C17H18N4O2S2/c1-17(11-25(22,23)21(2)16(19)20-17)14-9-15(24-10-14)13-5-3-4-12(8-13)6-7-18/h3-5,8-10H,11,18H2,1-2H3,(H2,19,20)/t17-/m0/s1. The van der Waals surface area contributed by atoms with E-state index in [0.29, 0.717) is 0 Å². The third kappa shape index (κ3) is 3.21. The lowest BCUT2D eigenvalue weighted by Gasteiger charge is -2.33. The molecule has 2 aromatic rings. The molecule has 0 saturated carbocycles. The maximum atomic E-state index is 12.3. The van der Waals surface area contributed by atoms with Crippen LogP contribution in [0.4, 0.5) is 0 Å². The van der Waals surface area contributed by atoms with E-state index in [1.807, 2.05) is 35.7 Å². The number of rotatable bonds is 2. The van der Waals surface area contributed by atoms with Crippen LogP contribution < -0.4 is 11.5 Å². The lowest BCUT2D eigenvalue weighted by atomic mass is 9.96. The first-order chi connectivity index (χ1) is 11.7. The predicted molar refractivity (Wildman–Crippen MR) is 101 cm³/mol. The number of nitrogens with zero attached hydrogens (tertiary/aromatic N) is 2. The average Bonchev–Trinajstić information content (AvgIpc) is 3.04. The summed E-state index contributed by atoms with van der Waals surface area (Å²) in [6.45, 7) is 1.78. The summed E-state index contributed by atoms with van der Waals surface area (Å²) in [5.41, 5.74) is 12.8. The Hall–Kier alpha value is -2.50. The van der Waals surface area contributed by atoms with E-state index < -0.39 is 15.6 Å². The monoisotopic (exact) mass is 374 g/mol. The summed E-state index contributed by atoms with van der Waals surface area (Å²) >= 11 is 1.53. The van der Waals surface area contributed by atoms with Crippen molar-refractivity contribution in [3.05, 3.63) is 46.8 Å². The molecule has 6 nitrogen and oxygen atoms in total. The van der Waals surface area contributed by atoms with Crippen LogP contribution in [0, 0.1) is 12.0 Å². The fourth-order valence-corrected chi connectivity index (χ4v) is 5.20. The van der Waals surface area contributed by atoms with Crippen molar-refractivity contribution in [2.24, 2.45) is 16.5 Å². The topological polar surface area (TPSA) is 102 Å². The second kappa shape index (κ2) is 6.10. The van der Waals surface area contributed by atoms with Crippen molar-refractivity contribution in [3.63, 3.8) is 0 Å². The van der Waals surface area contributed by atoms with Crippen LogP contribution in [-0.4, -0.2) is 31.5 Å². The SMILES string of the molecule is CN1C(N)=N[C@](C)(c2csc(-c3cccc(C#CN)c3)c2)CS1(=O)=O. The first kappa shape index (κ1) is 17.3. The van der Waals surface area contributed by atoms with Crippen molar-refractivity contribution in [1.29, 1.82) is 0 Å². The zero-order chi connectivity index (χ0) is 18.2. The van der Waals surface area contributed by atoms with Gasteiger partial charge in [-0.1, -0.05) is 12.1 Å². The van der Waals surface area contributed by atoms with Crippen LogP contribution in [0.5, 0.6) is 0 Å². The highest BCUT2D eigenvalue weighted by Gasteiger charge is 2.40. The van der Waals surface area contributed by atoms with E-state index in [2.05, 4.69) is 17.0 Å². The Bertz CT molecular complexity index is 1010. The van der Waals surface area contributed by atoms with Gasteiger partial charge in [-0.15, -0.1) is 11.3 Å². The molecule has 0 radical (unpaired) electrons. The third-order valence-corrected chi connectivity index (χ3v) is 7.08. The van der Waals surface area contributed by atoms with E-state index in [-0.39, 0.29) is 11.7 Å². The number of guanidine groups is 1. The van der Waals surface area contributed by atoms with Gasteiger partial charge < -0.3 is 11.5 Å². The molecule has 25 heavy (non-hydrogen) atoms. The van der Waals surface area contributed by atoms with Gasteiger partial charge in [-0.2, -0.15) is 0 Å². The van der Waals surface area contributed by atoms with Crippen molar-refractivity contribution >= 4 is 27.3 Å². The molecule has 1 aliphatic rings. The number of sulfonamides is 1. The van der Waals surface area contributed by atoms with Crippen molar-refractivity contribution < 1.29 is 8.42 Å². The van der Waals surface area contributed by atoms with Crippen LogP contribution in [-0.2, 0) is 15.6 Å². The van der Waals surface area contributed by atoms with Gasteiger partial charge in [0.1, 0.15) is 5.54 Å². The fourth-order valence-electron chi connectivity index (χ4n) is 2.70. The minimum Gasteiger partial charge on any atom is -0.369 e. The molecule has 8 heteroatoms. The highest BCUT2D eigenvalue weighted by Crippen LogP contribution is 2.37. The van der Waals surface area contributed by atoms with Crippen molar-refractivity contribution in [2.45, 2.75) is 12.5 Å². The Balaban J connectivity index is 2.01. The summed E-state index contributed by atoms with van der Waals surface area (Å²) in [6.07, 6.45) is 0. The third-order valence-electron chi connectivity index (χ3n) is 4.15. The van der Waals surface area contributed by atoms with Gasteiger partial charge in [-0.3, -0.25) is 0 Å². The lowest BCUT2D eigenvalue weighted by molar-refractivity contribution is 0.477. The molecule has 0 aliphatic carbocycles. The average molecular weight is 374 g/mol. The molecule has 0 spiro atoms. The molecule has 3 rings (SSSR count). The molecule has 1 aliphatic heterocycles. The van der Waals surface area contributed by atoms with Crippen molar-refractivity contribution in [3.8, 4) is 22.4 Å². The van der Waals surface area contributed by atoms with Crippen LogP contribution >= 0.6 is 11.3 Å². The van der Waals surface area contributed by atoms with Gasteiger partial charge in [0.05, 0.1) is 5.75 Å². The van der Waals surface area contributed by atoms with Crippen LogP contribution in [0.25, 0.3) is 10.4 Å². The number of hydrogen-bond acceptors (Lipinski definition) is 6. The van der Waals surface area contributed by atoms with Gasteiger partial charge in [-0.25, -0.2) is 17.7 Å². The molecule has 0 amide bonds. The second-order valence-electron chi connectivity index (χ2n) is 6.02. The van der Waals surface area contributed by atoms with Gasteiger partial charge in [-0.05, 0) is 47.6 Å². The summed E-state index contributed by atoms with van der Waals surface area (Å²) in [5.74, 6) is 2.71. The Morgan fingerprint density at radius 1 is 1.36 bits per heavy atom. The molecular weight excluding hydrogens is 356 g/mol. The molecule has 2 heterocycles. The summed E-state index contributed by atoms with van der Waals surface area (Å²) < 4.78 is 25.7. The molecule has 1 aromatic carbocycles. The zero-order valence-electron chi connectivity index (χ0n) is 13.9. The predicted octanol–water partition coefficient (Wildman–Crippen LogP) is 1.49. The van der Waals surface area contributed by atoms with Gasteiger partial charge in [0.25, 0.3) is 0 Å². The summed E-state index contributed by atoms with van der Waals surface area (Å²) in [6, 6.07) is 12.1. The van der Waals surface area contributed by atoms with Gasteiger partial charge in [0, 0.05) is 23.5 Å². The van der Waals surface area contributed by atoms with Crippen molar-refractivity contribution in [1.82, 2.24) is 4.31 Å². The van der Waals surface area contributed by atoms with Crippen LogP contribution in [0.15, 0.2) is 40.7 Å². The summed E-state index contributed by atoms with van der Waals surface area (Å²) in [5, 5.41) is 1.92. The lowest BCUT2D eigenvalue weighted by Crippen LogP contribution is -2.50. The highest BCUT2D eigenvalue weighted by atomic mass is 32.2. The van der Waals surface area contributed by atoms with Gasteiger partial charge in [0.2, 0.25) is 16.0 Å². The van der Waals surface area contributed by atoms with Gasteiger partial charge >= 0.3 is 0 Å². The van der Waals surface area contributed by atoms with Crippen LogP contribution in [0.1, 0.15) is 18.1 Å². The Labute approximate surface area is 151 Å². The molecule has 4 N–H and O–H groups in total. The number of benzene rings is 1. The summed E-state index contributed by atoms with van der Waals surface area (Å²) in [4.78, 5) is 5.43. The molecule has 0 bridgehead atoms. The maximum Gasteiger partial charge on any atom is 0.239 e. The normalized spacial score (nSPS) is 22.0. The molecule has 1 aromatic heterocycles. The van der Waals surface area contributed by atoms with Crippen molar-refractivity contribution in [2.75, 3.05) is 12.8 Å². The maximum absolute atomic E-state index is 12.3. The fraction of sp³-hybridized carbons (Fsp3) is 0.235. The Morgan fingerprint density at radius 3 is 2.80 bits per heavy atom. The molecule has 130 valence electrons. The quantitative estimate of drug-likeness (QED) is 0.614. The van der Waals surface area contributed by atoms with Crippen LogP contribution in [0.3, 0.4) is 0 Å². The minimum absolute atomic E-state index is 0.00159. The molecule has 0 unspecified atom stereocenters. The first-order valence-corrected chi connectivity index (χ1v) is 9.97. The van der Waals surface area contributed by atoms with Crippen LogP contribution in [0.2, 0.25) is 0 Å². The van der Waals surface area contributed by atoms with Gasteiger partial charge in [0.15, 0.2) is 0 Å². The molecule has 0 fully saturated rings. The Morgan fingerprint density at radius 2 is 2.12 bits per heavy atom. The van der Waals surface area contributed by atoms with E-state index in [0.717, 1.165) is 25.9 Å². The number of hydrogen-bond donors (Lipinski definition) is 2. The number of aliphatic imine (C=N–C) groups is 1. The second-order valence-corrected chi connectivity index (χ2v) is 8.93. The van der Waals surface area contributed by atoms with E-state index >= 15 is 0 Å². The number of nitrogens with two attached hydrogens (primary N) is 2. The van der Waals surface area contributed by atoms with E-state index in [4.69, 9.17) is 11.5 Å². The summed E-state index contributed by atoms with van der Waals surface area (Å²) in [7, 11) is -2.07. The first-order valence-electron chi connectivity index (χ1n) is 7.48. The van der Waals surface area contributed by atoms with E-state index in [9.17, 15) is 8.42 Å². The minimum atomic E-state index is -3.49. The highest BCUT2D eigenvalue weighted by molar-refractivity contribution is 7.89. The smallest absolute Gasteiger partial charge is 0.239 e. The largest absolute Gasteiger partial charge is 0.369 e. The molecular formula is C17H18N4O2S2.